The smallest absolute Gasteiger partial charge is 0.259 e. The summed E-state index contributed by atoms with van der Waals surface area (Å²) in [5, 5.41) is 3.30. The van der Waals surface area contributed by atoms with Gasteiger partial charge in [0.15, 0.2) is 5.17 Å². The molecule has 1 N–H and O–H groups in total. The van der Waals surface area contributed by atoms with Crippen LogP contribution in [0, 0.1) is 0 Å². The maximum Gasteiger partial charge on any atom is 0.259 e. The molecule has 0 spiro atoms. The van der Waals surface area contributed by atoms with Gasteiger partial charge in [0.2, 0.25) is 5.91 Å². The van der Waals surface area contributed by atoms with E-state index in [0.29, 0.717) is 34.6 Å². The topological polar surface area (TPSA) is 92.6 Å². The summed E-state index contributed by atoms with van der Waals surface area (Å²) in [5.74, 6) is 1.51. The van der Waals surface area contributed by atoms with E-state index in [9.17, 15) is 9.59 Å². The van der Waals surface area contributed by atoms with Gasteiger partial charge in [-0.05, 0) is 18.6 Å². The van der Waals surface area contributed by atoms with E-state index in [2.05, 4.69) is 15.3 Å². The van der Waals surface area contributed by atoms with E-state index in [1.54, 1.807) is 37.3 Å². The van der Waals surface area contributed by atoms with Crippen LogP contribution in [-0.2, 0) is 9.59 Å². The average Bonchev–Trinajstić information content (AvgIpc) is 3.14. The highest BCUT2D eigenvalue weighted by Gasteiger charge is 2.40. The molecule has 0 fully saturated rings. The Hall–Kier alpha value is -3.33. The number of amides is 2. The van der Waals surface area contributed by atoms with Crippen molar-refractivity contribution >= 4 is 46.0 Å². The van der Waals surface area contributed by atoms with Crippen molar-refractivity contribution in [1.29, 1.82) is 0 Å². The highest BCUT2D eigenvalue weighted by Crippen LogP contribution is 2.34. The first kappa shape index (κ1) is 21.9. The number of anilines is 1. The number of para-hydroxylation sites is 1. The largest absolute Gasteiger partial charge is 0.497 e. The number of amidine groups is 2. The molecule has 0 unspecified atom stereocenters. The van der Waals surface area contributed by atoms with Crippen LogP contribution in [0.25, 0.3) is 0 Å². The number of aliphatic imine (C=N–C) groups is 2. The number of methoxy groups -OCH3 is 2. The summed E-state index contributed by atoms with van der Waals surface area (Å²) >= 11 is 1.21. The minimum atomic E-state index is -0.412. The van der Waals surface area contributed by atoms with Crippen molar-refractivity contribution in [2.45, 2.75) is 25.8 Å². The van der Waals surface area contributed by atoms with E-state index in [-0.39, 0.29) is 17.6 Å². The number of carbonyl (C=O) groups excluding carboxylic acids is 2. The molecule has 2 amide bonds. The number of ether oxygens (including phenoxy) is 2. The number of benzene rings is 2. The minimum absolute atomic E-state index is 0.0794. The quantitative estimate of drug-likeness (QED) is 0.689. The van der Waals surface area contributed by atoms with E-state index in [0.717, 1.165) is 17.7 Å². The molecule has 4 rings (SSSR count). The number of rotatable bonds is 7. The molecule has 0 saturated heterocycles. The van der Waals surface area contributed by atoms with Crippen LogP contribution in [0.15, 0.2) is 52.4 Å². The van der Waals surface area contributed by atoms with Crippen LogP contribution in [0.4, 0.5) is 11.4 Å². The molecular weight excluding hydrogens is 428 g/mol. The predicted molar refractivity (Wildman–Crippen MR) is 126 cm³/mol. The Kier molecular flexibility index (Phi) is 6.45. The van der Waals surface area contributed by atoms with Gasteiger partial charge in [-0.3, -0.25) is 14.6 Å². The fourth-order valence-corrected chi connectivity index (χ4v) is 4.37. The lowest BCUT2D eigenvalue weighted by molar-refractivity contribution is -0.124. The Morgan fingerprint density at radius 3 is 2.56 bits per heavy atom. The number of fused-ring (bicyclic) bond motifs is 3. The number of nitrogens with zero attached hydrogens (tertiary/aromatic N) is 3. The third kappa shape index (κ3) is 4.34. The zero-order valence-electron chi connectivity index (χ0n) is 18.1. The molecule has 2 aliphatic rings. The Bertz CT molecular complexity index is 1090. The lowest BCUT2D eigenvalue weighted by Crippen LogP contribution is -2.41. The van der Waals surface area contributed by atoms with Crippen LogP contribution in [0.1, 0.15) is 25.3 Å². The molecule has 32 heavy (non-hydrogen) atoms. The fourth-order valence-electron chi connectivity index (χ4n) is 3.57. The third-order valence-corrected chi connectivity index (χ3v) is 6.02. The van der Waals surface area contributed by atoms with E-state index in [1.807, 2.05) is 31.2 Å². The molecule has 8 nitrogen and oxygen atoms in total. The molecule has 2 aromatic carbocycles. The molecule has 0 aromatic heterocycles. The van der Waals surface area contributed by atoms with Crippen molar-refractivity contribution < 1.29 is 19.1 Å². The first-order valence-electron chi connectivity index (χ1n) is 10.3. The SMILES string of the molecule is CCC[C@H]1N=C2c3ccccc3N=C(SCC(=O)Nc3cc(OC)cc(OC)c3)N2C1=O. The predicted octanol–water partition coefficient (Wildman–Crippen LogP) is 3.83. The maximum atomic E-state index is 13.0. The van der Waals surface area contributed by atoms with Crippen molar-refractivity contribution in [1.82, 2.24) is 4.90 Å². The Morgan fingerprint density at radius 2 is 1.88 bits per heavy atom. The molecule has 1 atom stereocenters. The van der Waals surface area contributed by atoms with Crippen LogP contribution in [0.5, 0.6) is 11.5 Å². The molecule has 2 heterocycles. The number of hydrogen-bond acceptors (Lipinski definition) is 7. The summed E-state index contributed by atoms with van der Waals surface area (Å²) in [7, 11) is 3.10. The van der Waals surface area contributed by atoms with Gasteiger partial charge in [0, 0.05) is 29.4 Å². The highest BCUT2D eigenvalue weighted by molar-refractivity contribution is 8.14. The van der Waals surface area contributed by atoms with Gasteiger partial charge in [-0.25, -0.2) is 9.89 Å². The van der Waals surface area contributed by atoms with Gasteiger partial charge < -0.3 is 14.8 Å². The lowest BCUT2D eigenvalue weighted by Gasteiger charge is -2.25. The Balaban J connectivity index is 1.52. The zero-order valence-corrected chi connectivity index (χ0v) is 18.9. The van der Waals surface area contributed by atoms with Gasteiger partial charge in [0.25, 0.3) is 5.91 Å². The molecule has 0 bridgehead atoms. The second-order valence-electron chi connectivity index (χ2n) is 7.28. The lowest BCUT2D eigenvalue weighted by atomic mass is 10.1. The molecule has 2 aliphatic heterocycles. The maximum absolute atomic E-state index is 13.0. The second kappa shape index (κ2) is 9.44. The van der Waals surface area contributed by atoms with Crippen molar-refractivity contribution in [3.05, 3.63) is 48.0 Å². The summed E-state index contributed by atoms with van der Waals surface area (Å²) in [6.45, 7) is 2.03. The molecule has 0 aliphatic carbocycles. The van der Waals surface area contributed by atoms with Gasteiger partial charge in [0.05, 0.1) is 25.7 Å². The zero-order chi connectivity index (χ0) is 22.7. The van der Waals surface area contributed by atoms with Gasteiger partial charge in [0.1, 0.15) is 23.4 Å². The van der Waals surface area contributed by atoms with Crippen LogP contribution in [0.3, 0.4) is 0 Å². The minimum Gasteiger partial charge on any atom is -0.497 e. The Morgan fingerprint density at radius 1 is 1.16 bits per heavy atom. The van der Waals surface area contributed by atoms with Crippen molar-refractivity contribution in [3.8, 4) is 11.5 Å². The molecular formula is C23H24N4O4S. The monoisotopic (exact) mass is 452 g/mol. The highest BCUT2D eigenvalue weighted by atomic mass is 32.2. The van der Waals surface area contributed by atoms with Gasteiger partial charge >= 0.3 is 0 Å². The van der Waals surface area contributed by atoms with E-state index in [1.165, 1.54) is 11.8 Å². The summed E-state index contributed by atoms with van der Waals surface area (Å²) in [5.41, 5.74) is 2.13. The number of carbonyl (C=O) groups is 2. The summed E-state index contributed by atoms with van der Waals surface area (Å²) < 4.78 is 10.5. The van der Waals surface area contributed by atoms with Gasteiger partial charge in [-0.2, -0.15) is 0 Å². The fraction of sp³-hybridized carbons (Fsp3) is 0.304. The van der Waals surface area contributed by atoms with Crippen molar-refractivity contribution in [3.63, 3.8) is 0 Å². The molecule has 166 valence electrons. The summed E-state index contributed by atoms with van der Waals surface area (Å²) in [4.78, 5) is 36.5. The first-order chi connectivity index (χ1) is 15.5. The van der Waals surface area contributed by atoms with Crippen molar-refractivity contribution in [2.75, 3.05) is 25.3 Å². The average molecular weight is 453 g/mol. The molecule has 0 radical (unpaired) electrons. The summed E-state index contributed by atoms with van der Waals surface area (Å²) in [6, 6.07) is 12.3. The Labute approximate surface area is 190 Å². The van der Waals surface area contributed by atoms with Crippen LogP contribution in [0.2, 0.25) is 0 Å². The number of hydrogen-bond donors (Lipinski definition) is 1. The van der Waals surface area contributed by atoms with Crippen LogP contribution < -0.4 is 14.8 Å². The third-order valence-electron chi connectivity index (χ3n) is 5.08. The van der Waals surface area contributed by atoms with E-state index in [4.69, 9.17) is 9.47 Å². The van der Waals surface area contributed by atoms with Gasteiger partial charge in [-0.15, -0.1) is 0 Å². The van der Waals surface area contributed by atoms with E-state index >= 15 is 0 Å². The number of thioether (sulfide) groups is 1. The standard InChI is InChI=1S/C23H24N4O4S/c1-4-7-19-22(29)27-21(25-19)17-8-5-6-9-18(17)26-23(27)32-13-20(28)24-14-10-15(30-2)12-16(11-14)31-3/h5-6,8-12,19H,4,7,13H2,1-3H3,(H,24,28)/t19-/m1/s1. The van der Waals surface area contributed by atoms with Gasteiger partial charge in [-0.1, -0.05) is 37.2 Å². The molecule has 2 aromatic rings. The van der Waals surface area contributed by atoms with Crippen molar-refractivity contribution in [2.24, 2.45) is 9.98 Å². The van der Waals surface area contributed by atoms with E-state index < -0.39 is 6.04 Å². The van der Waals surface area contributed by atoms with Crippen LogP contribution in [-0.4, -0.2) is 53.7 Å². The number of nitrogens with one attached hydrogen (secondary N) is 1. The molecule has 0 saturated carbocycles. The molecule has 9 heteroatoms. The second-order valence-corrected chi connectivity index (χ2v) is 8.22. The van der Waals surface area contributed by atoms with Crippen LogP contribution >= 0.6 is 11.8 Å². The summed E-state index contributed by atoms with van der Waals surface area (Å²) in [6.07, 6.45) is 1.53. The normalized spacial score (nSPS) is 16.7. The first-order valence-corrected chi connectivity index (χ1v) is 11.3.